The van der Waals surface area contributed by atoms with Crippen LogP contribution >= 0.6 is 11.8 Å². The van der Waals surface area contributed by atoms with Gasteiger partial charge in [0.15, 0.2) is 5.16 Å². The van der Waals surface area contributed by atoms with Crippen molar-refractivity contribution in [3.05, 3.63) is 64.5 Å². The Morgan fingerprint density at radius 2 is 1.84 bits per heavy atom. The number of likely N-dealkylation sites (N-methyl/N-ethyl adjacent to an activating group) is 1. The summed E-state index contributed by atoms with van der Waals surface area (Å²) in [6, 6.07) is 9.80. The second kappa shape index (κ2) is 9.38. The first-order chi connectivity index (χ1) is 15.4. The molecule has 168 valence electrons. The smallest absolute Gasteiger partial charge is 0.266 e. The molecular weight excluding hydrogens is 434 g/mol. The topological polar surface area (TPSA) is 58.4 Å². The average Bonchev–Trinajstić information content (AvgIpc) is 2.80. The van der Waals surface area contributed by atoms with Gasteiger partial charge in [-0.25, -0.2) is 13.8 Å². The normalized spacial score (nSPS) is 15.8. The van der Waals surface area contributed by atoms with Crippen LogP contribution in [0.5, 0.6) is 0 Å². The minimum Gasteiger partial charge on any atom is -0.339 e. The van der Waals surface area contributed by atoms with Gasteiger partial charge in [0.05, 0.1) is 21.8 Å². The Balaban J connectivity index is 1.71. The standard InChI is InChI=1S/C23H24F2N4O2S/c1-3-27-10-12-28(13-11-27)21(30)15(2)32-23-26-19-7-5-4-6-17(19)22(31)29(23)20-9-8-16(24)14-18(20)25/h4-9,14-15H,3,10-13H2,1-2H3. The fraction of sp³-hybridized carbons (Fsp3) is 0.348. The molecule has 0 radical (unpaired) electrons. The van der Waals surface area contributed by atoms with E-state index < -0.39 is 22.4 Å². The number of thioether (sulfide) groups is 1. The molecule has 1 fully saturated rings. The SMILES string of the molecule is CCN1CCN(C(=O)C(C)Sc2nc3ccccc3c(=O)n2-c2ccc(F)cc2F)CC1. The minimum atomic E-state index is -0.874. The molecule has 0 spiro atoms. The second-order valence-corrected chi connectivity index (χ2v) is 8.98. The first-order valence-electron chi connectivity index (χ1n) is 10.5. The molecular formula is C23H24F2N4O2S. The molecule has 9 heteroatoms. The number of hydrogen-bond donors (Lipinski definition) is 0. The molecule has 2 heterocycles. The van der Waals surface area contributed by atoms with Gasteiger partial charge < -0.3 is 9.80 Å². The van der Waals surface area contributed by atoms with Crippen LogP contribution in [0.15, 0.2) is 52.4 Å². The first-order valence-corrected chi connectivity index (χ1v) is 11.4. The van der Waals surface area contributed by atoms with Crippen molar-refractivity contribution in [3.8, 4) is 5.69 Å². The molecule has 3 aromatic rings. The summed E-state index contributed by atoms with van der Waals surface area (Å²) < 4.78 is 29.3. The van der Waals surface area contributed by atoms with Crippen LogP contribution in [0.25, 0.3) is 16.6 Å². The van der Waals surface area contributed by atoms with Gasteiger partial charge in [0.1, 0.15) is 11.6 Å². The maximum atomic E-state index is 14.6. The lowest BCUT2D eigenvalue weighted by Gasteiger charge is -2.35. The molecule has 1 atom stereocenters. The zero-order valence-electron chi connectivity index (χ0n) is 17.9. The van der Waals surface area contributed by atoms with E-state index >= 15 is 0 Å². The number of benzene rings is 2. The maximum Gasteiger partial charge on any atom is 0.266 e. The zero-order chi connectivity index (χ0) is 22.8. The number of rotatable bonds is 5. The molecule has 2 aromatic carbocycles. The van der Waals surface area contributed by atoms with Crippen LogP contribution in [0.3, 0.4) is 0 Å². The molecule has 6 nitrogen and oxygen atoms in total. The van der Waals surface area contributed by atoms with Crippen LogP contribution < -0.4 is 5.56 Å². The molecule has 32 heavy (non-hydrogen) atoms. The van der Waals surface area contributed by atoms with Gasteiger partial charge in [0, 0.05) is 32.2 Å². The Morgan fingerprint density at radius 3 is 2.53 bits per heavy atom. The van der Waals surface area contributed by atoms with Crippen molar-refractivity contribution in [3.63, 3.8) is 0 Å². The van der Waals surface area contributed by atoms with Gasteiger partial charge >= 0.3 is 0 Å². The molecule has 4 rings (SSSR count). The number of carbonyl (C=O) groups is 1. The summed E-state index contributed by atoms with van der Waals surface area (Å²) in [5, 5.41) is -0.0338. The second-order valence-electron chi connectivity index (χ2n) is 7.67. The van der Waals surface area contributed by atoms with Crippen LogP contribution in [-0.4, -0.2) is 63.2 Å². The molecule has 0 saturated carbocycles. The predicted octanol–water partition coefficient (Wildman–Crippen LogP) is 3.31. The quantitative estimate of drug-likeness (QED) is 0.434. The van der Waals surface area contributed by atoms with Gasteiger partial charge in [-0.15, -0.1) is 0 Å². The van der Waals surface area contributed by atoms with Gasteiger partial charge in [-0.05, 0) is 37.7 Å². The third-order valence-electron chi connectivity index (χ3n) is 5.66. The number of aromatic nitrogens is 2. The number of para-hydroxylation sites is 1. The first kappa shape index (κ1) is 22.4. The number of piperazine rings is 1. The fourth-order valence-electron chi connectivity index (χ4n) is 3.82. The number of hydrogen-bond acceptors (Lipinski definition) is 5. The highest BCUT2D eigenvalue weighted by atomic mass is 32.2. The molecule has 1 saturated heterocycles. The van der Waals surface area contributed by atoms with E-state index in [1.54, 1.807) is 31.2 Å². The molecule has 1 aliphatic heterocycles. The van der Waals surface area contributed by atoms with Gasteiger partial charge in [0.25, 0.3) is 5.56 Å². The summed E-state index contributed by atoms with van der Waals surface area (Å²) in [6.45, 7) is 7.72. The number of nitrogens with zero attached hydrogens (tertiary/aromatic N) is 4. The van der Waals surface area contributed by atoms with E-state index in [1.165, 1.54) is 6.07 Å². The number of halogens is 2. The van der Waals surface area contributed by atoms with E-state index in [0.717, 1.165) is 48.1 Å². The van der Waals surface area contributed by atoms with E-state index in [0.29, 0.717) is 24.0 Å². The average molecular weight is 459 g/mol. The Bertz CT molecular complexity index is 1210. The lowest BCUT2D eigenvalue weighted by atomic mass is 10.2. The Hall–Kier alpha value is -2.78. The van der Waals surface area contributed by atoms with Crippen LogP contribution in [-0.2, 0) is 4.79 Å². The van der Waals surface area contributed by atoms with Crippen molar-refractivity contribution in [2.45, 2.75) is 24.3 Å². The molecule has 1 aromatic heterocycles. The Kier molecular flexibility index (Phi) is 6.57. The van der Waals surface area contributed by atoms with Gasteiger partial charge in [-0.1, -0.05) is 30.8 Å². The monoisotopic (exact) mass is 458 g/mol. The highest BCUT2D eigenvalue weighted by molar-refractivity contribution is 8.00. The van der Waals surface area contributed by atoms with Crippen molar-refractivity contribution in [2.75, 3.05) is 32.7 Å². The lowest BCUT2D eigenvalue weighted by Crippen LogP contribution is -2.50. The largest absolute Gasteiger partial charge is 0.339 e. The molecule has 1 unspecified atom stereocenters. The summed E-state index contributed by atoms with van der Waals surface area (Å²) in [4.78, 5) is 35.0. The Morgan fingerprint density at radius 1 is 1.12 bits per heavy atom. The number of carbonyl (C=O) groups excluding carboxylic acids is 1. The maximum absolute atomic E-state index is 14.6. The predicted molar refractivity (Wildman–Crippen MR) is 121 cm³/mol. The van der Waals surface area contributed by atoms with Crippen LogP contribution in [0.4, 0.5) is 8.78 Å². The van der Waals surface area contributed by atoms with Gasteiger partial charge in [-0.2, -0.15) is 0 Å². The summed E-state index contributed by atoms with van der Waals surface area (Å²) in [6.07, 6.45) is 0. The van der Waals surface area contributed by atoms with Crippen LogP contribution in [0.2, 0.25) is 0 Å². The lowest BCUT2D eigenvalue weighted by molar-refractivity contribution is -0.132. The summed E-state index contributed by atoms with van der Waals surface area (Å²) in [7, 11) is 0. The third-order valence-corrected chi connectivity index (χ3v) is 6.70. The highest BCUT2D eigenvalue weighted by Gasteiger charge is 2.27. The van der Waals surface area contributed by atoms with Crippen LogP contribution in [0, 0.1) is 11.6 Å². The van der Waals surface area contributed by atoms with E-state index in [-0.39, 0.29) is 16.8 Å². The van der Waals surface area contributed by atoms with E-state index in [1.807, 2.05) is 4.90 Å². The minimum absolute atomic E-state index is 0.0562. The van der Waals surface area contributed by atoms with E-state index in [2.05, 4.69) is 16.8 Å². The van der Waals surface area contributed by atoms with Gasteiger partial charge in [-0.3, -0.25) is 14.2 Å². The summed E-state index contributed by atoms with van der Waals surface area (Å²) in [5.74, 6) is -1.67. The molecule has 0 aliphatic carbocycles. The summed E-state index contributed by atoms with van der Waals surface area (Å²) >= 11 is 1.10. The van der Waals surface area contributed by atoms with Crippen molar-refractivity contribution in [1.82, 2.24) is 19.4 Å². The molecule has 1 aliphatic rings. The van der Waals surface area contributed by atoms with E-state index in [4.69, 9.17) is 0 Å². The Labute approximate surface area is 188 Å². The highest BCUT2D eigenvalue weighted by Crippen LogP contribution is 2.27. The molecule has 0 bridgehead atoms. The van der Waals surface area contributed by atoms with Crippen LogP contribution in [0.1, 0.15) is 13.8 Å². The van der Waals surface area contributed by atoms with Gasteiger partial charge in [0.2, 0.25) is 5.91 Å². The van der Waals surface area contributed by atoms with Crippen molar-refractivity contribution in [1.29, 1.82) is 0 Å². The zero-order valence-corrected chi connectivity index (χ0v) is 18.7. The molecule has 0 N–H and O–H groups in total. The van der Waals surface area contributed by atoms with Crippen molar-refractivity contribution >= 4 is 28.6 Å². The van der Waals surface area contributed by atoms with E-state index in [9.17, 15) is 18.4 Å². The molecule has 1 amide bonds. The number of fused-ring (bicyclic) bond motifs is 1. The van der Waals surface area contributed by atoms with Crippen molar-refractivity contribution in [2.24, 2.45) is 0 Å². The van der Waals surface area contributed by atoms with Crippen molar-refractivity contribution < 1.29 is 13.6 Å². The summed E-state index contributed by atoms with van der Waals surface area (Å²) in [5.41, 5.74) is -0.122. The fourth-order valence-corrected chi connectivity index (χ4v) is 4.82. The third kappa shape index (κ3) is 4.40. The number of amides is 1.